The fourth-order valence-corrected chi connectivity index (χ4v) is 3.31. The van der Waals surface area contributed by atoms with Gasteiger partial charge in [-0.1, -0.05) is 13.8 Å². The minimum atomic E-state index is -2.59. The van der Waals surface area contributed by atoms with Gasteiger partial charge >= 0.3 is 5.97 Å². The van der Waals surface area contributed by atoms with Gasteiger partial charge < -0.3 is 14.0 Å². The smallest absolute Gasteiger partial charge is 0.342 e. The Labute approximate surface area is 91.7 Å². The molecule has 0 saturated carbocycles. The summed E-state index contributed by atoms with van der Waals surface area (Å²) in [7, 11) is -2.59. The van der Waals surface area contributed by atoms with Gasteiger partial charge in [0.25, 0.3) is 0 Å². The van der Waals surface area contributed by atoms with E-state index in [9.17, 15) is 9.36 Å². The lowest BCUT2D eigenvalue weighted by Crippen LogP contribution is -2.28. The number of carbonyl (C=O) groups excluding carboxylic acids is 1. The lowest BCUT2D eigenvalue weighted by atomic mass is 10.7. The highest BCUT2D eigenvalue weighted by Gasteiger charge is 2.37. The summed E-state index contributed by atoms with van der Waals surface area (Å²) in [5, 5.41) is 0. The van der Waals surface area contributed by atoms with Crippen LogP contribution in [0.15, 0.2) is 0 Å². The molecule has 0 heterocycles. The van der Waals surface area contributed by atoms with Gasteiger partial charge in [-0.3, -0.25) is 0 Å². The van der Waals surface area contributed by atoms with Crippen molar-refractivity contribution >= 4 is 13.1 Å². The zero-order valence-corrected chi connectivity index (χ0v) is 10.9. The maximum atomic E-state index is 12.3. The Hall–Kier alpha value is -0.340. The van der Waals surface area contributed by atoms with Crippen molar-refractivity contribution in [3.05, 3.63) is 0 Å². The second-order valence-corrected chi connectivity index (χ2v) is 6.78. The summed E-state index contributed by atoms with van der Waals surface area (Å²) in [6.07, 6.45) is 0.931. The van der Waals surface area contributed by atoms with Gasteiger partial charge in [-0.25, -0.2) is 4.79 Å². The van der Waals surface area contributed by atoms with Gasteiger partial charge in [-0.05, 0) is 13.8 Å². The topological polar surface area (TPSA) is 52.6 Å². The van der Waals surface area contributed by atoms with Gasteiger partial charge in [-0.15, -0.1) is 0 Å². The molecule has 0 fully saturated rings. The van der Waals surface area contributed by atoms with E-state index in [2.05, 4.69) is 0 Å². The van der Waals surface area contributed by atoms with Crippen LogP contribution in [0.4, 0.5) is 0 Å². The summed E-state index contributed by atoms with van der Waals surface area (Å²) in [5.74, 6) is -1.37. The highest BCUT2D eigenvalue weighted by atomic mass is 31.2. The molecule has 0 aromatic heterocycles. The molecule has 0 aromatic rings. The molecule has 0 spiro atoms. The van der Waals surface area contributed by atoms with E-state index in [1.54, 1.807) is 13.8 Å². The number of ether oxygens (including phenoxy) is 2. The van der Waals surface area contributed by atoms with E-state index in [0.29, 0.717) is 18.9 Å². The van der Waals surface area contributed by atoms with Crippen LogP contribution in [0.25, 0.3) is 0 Å². The van der Waals surface area contributed by atoms with Crippen LogP contribution in [0.2, 0.25) is 0 Å². The molecule has 0 aliphatic rings. The number of hydrogen-bond donors (Lipinski definition) is 0. The zero-order valence-electron chi connectivity index (χ0n) is 9.99. The third-order valence-electron chi connectivity index (χ3n) is 2.31. The van der Waals surface area contributed by atoms with Crippen LogP contribution >= 0.6 is 7.14 Å². The highest BCUT2D eigenvalue weighted by Crippen LogP contribution is 2.50. The molecular weight excluding hydrogens is 215 g/mol. The standard InChI is InChI=1S/C10H21O4P/c1-5-13-9(11)10(14-6-2)15(12,7-3)8-4/h10H,5-8H2,1-4H3. The van der Waals surface area contributed by atoms with E-state index in [0.717, 1.165) is 0 Å². The Kier molecular flexibility index (Phi) is 6.86. The predicted molar refractivity (Wildman–Crippen MR) is 60.7 cm³/mol. The molecule has 4 nitrogen and oxygen atoms in total. The minimum absolute atomic E-state index is 0.288. The summed E-state index contributed by atoms with van der Waals surface area (Å²) in [6.45, 7) is 7.79. The second-order valence-electron chi connectivity index (χ2n) is 3.14. The van der Waals surface area contributed by atoms with Gasteiger partial charge in [0.1, 0.15) is 7.14 Å². The monoisotopic (exact) mass is 236 g/mol. The van der Waals surface area contributed by atoms with Crippen molar-refractivity contribution < 1.29 is 18.8 Å². The molecule has 0 N–H and O–H groups in total. The molecular formula is C10H21O4P. The molecule has 0 rings (SSSR count). The van der Waals surface area contributed by atoms with Gasteiger partial charge in [0.2, 0.25) is 5.85 Å². The second kappa shape index (κ2) is 7.02. The maximum absolute atomic E-state index is 12.3. The molecule has 0 amide bonds. The van der Waals surface area contributed by atoms with E-state index in [4.69, 9.17) is 9.47 Å². The van der Waals surface area contributed by atoms with Crippen molar-refractivity contribution in [1.82, 2.24) is 0 Å². The fraction of sp³-hybridized carbons (Fsp3) is 0.900. The summed E-state index contributed by atoms with van der Waals surface area (Å²) < 4.78 is 22.5. The van der Waals surface area contributed by atoms with E-state index >= 15 is 0 Å². The lowest BCUT2D eigenvalue weighted by Gasteiger charge is -2.23. The molecule has 0 aromatic carbocycles. The quantitative estimate of drug-likeness (QED) is 0.503. The number of rotatable bonds is 7. The minimum Gasteiger partial charge on any atom is -0.464 e. The fourth-order valence-electron chi connectivity index (χ4n) is 1.32. The van der Waals surface area contributed by atoms with E-state index in [1.807, 2.05) is 13.8 Å². The third-order valence-corrected chi connectivity index (χ3v) is 5.67. The maximum Gasteiger partial charge on any atom is 0.342 e. The molecule has 15 heavy (non-hydrogen) atoms. The van der Waals surface area contributed by atoms with Gasteiger partial charge in [0.05, 0.1) is 6.61 Å². The van der Waals surface area contributed by atoms with Crippen molar-refractivity contribution in [2.24, 2.45) is 0 Å². The Bertz CT molecular complexity index is 232. The normalized spacial score (nSPS) is 13.6. The largest absolute Gasteiger partial charge is 0.464 e. The van der Waals surface area contributed by atoms with Gasteiger partial charge in [0, 0.05) is 18.9 Å². The first-order valence-corrected chi connectivity index (χ1v) is 7.56. The van der Waals surface area contributed by atoms with Crippen molar-refractivity contribution in [3.8, 4) is 0 Å². The van der Waals surface area contributed by atoms with Crippen LogP contribution in [0.5, 0.6) is 0 Å². The molecule has 0 saturated heterocycles. The lowest BCUT2D eigenvalue weighted by molar-refractivity contribution is -0.151. The Balaban J connectivity index is 4.77. The summed E-state index contributed by atoms with van der Waals surface area (Å²) >= 11 is 0. The van der Waals surface area contributed by atoms with Crippen LogP contribution in [-0.2, 0) is 18.8 Å². The van der Waals surface area contributed by atoms with Gasteiger partial charge in [-0.2, -0.15) is 0 Å². The molecule has 0 aliphatic heterocycles. The first-order valence-electron chi connectivity index (χ1n) is 5.41. The zero-order chi connectivity index (χ0) is 11.9. The van der Waals surface area contributed by atoms with Crippen molar-refractivity contribution in [2.75, 3.05) is 25.5 Å². The summed E-state index contributed by atoms with van der Waals surface area (Å²) in [6, 6.07) is 0. The Morgan fingerprint density at radius 3 is 2.00 bits per heavy atom. The van der Waals surface area contributed by atoms with Crippen molar-refractivity contribution in [3.63, 3.8) is 0 Å². The van der Waals surface area contributed by atoms with Crippen molar-refractivity contribution in [2.45, 2.75) is 33.5 Å². The predicted octanol–water partition coefficient (Wildman–Crippen LogP) is 2.32. The third kappa shape index (κ3) is 3.96. The SMILES string of the molecule is CCOC(=O)C(OCC)P(=O)(CC)CC. The van der Waals surface area contributed by atoms with Crippen molar-refractivity contribution in [1.29, 1.82) is 0 Å². The molecule has 1 unspecified atom stereocenters. The van der Waals surface area contributed by atoms with Crippen LogP contribution in [0, 0.1) is 0 Å². The number of esters is 1. The van der Waals surface area contributed by atoms with E-state index in [1.165, 1.54) is 0 Å². The van der Waals surface area contributed by atoms with E-state index in [-0.39, 0.29) is 6.61 Å². The summed E-state index contributed by atoms with van der Waals surface area (Å²) in [5.41, 5.74) is 0. The molecule has 0 radical (unpaired) electrons. The first kappa shape index (κ1) is 14.7. The molecule has 0 bridgehead atoms. The van der Waals surface area contributed by atoms with Crippen LogP contribution < -0.4 is 0 Å². The number of hydrogen-bond acceptors (Lipinski definition) is 4. The van der Waals surface area contributed by atoms with E-state index < -0.39 is 19.0 Å². The molecule has 90 valence electrons. The van der Waals surface area contributed by atoms with Crippen LogP contribution in [0.1, 0.15) is 27.7 Å². The Morgan fingerprint density at radius 1 is 1.13 bits per heavy atom. The first-order chi connectivity index (χ1) is 7.05. The number of carbonyl (C=O) groups is 1. The Morgan fingerprint density at radius 2 is 1.67 bits per heavy atom. The molecule has 0 aliphatic carbocycles. The average Bonchev–Trinajstić information content (AvgIpc) is 2.25. The average molecular weight is 236 g/mol. The van der Waals surface area contributed by atoms with Crippen LogP contribution in [0.3, 0.4) is 0 Å². The van der Waals surface area contributed by atoms with Gasteiger partial charge in [0.15, 0.2) is 0 Å². The van der Waals surface area contributed by atoms with Crippen LogP contribution in [-0.4, -0.2) is 37.4 Å². The summed E-state index contributed by atoms with van der Waals surface area (Å²) in [4.78, 5) is 11.6. The highest BCUT2D eigenvalue weighted by molar-refractivity contribution is 7.65. The molecule has 5 heteroatoms. The molecule has 1 atom stereocenters.